The highest BCUT2D eigenvalue weighted by Gasteiger charge is 2.25. The van der Waals surface area contributed by atoms with E-state index in [0.29, 0.717) is 13.2 Å². The lowest BCUT2D eigenvalue weighted by Gasteiger charge is -2.22. The van der Waals surface area contributed by atoms with Crippen molar-refractivity contribution >= 4 is 0 Å². The highest BCUT2D eigenvalue weighted by atomic mass is 16.7. The Morgan fingerprint density at radius 3 is 2.73 bits per heavy atom. The first-order chi connectivity index (χ1) is 7.12. The van der Waals surface area contributed by atoms with Gasteiger partial charge in [0.15, 0.2) is 5.79 Å². The maximum atomic E-state index is 5.63. The second-order valence-electron chi connectivity index (χ2n) is 3.96. The Hall–Kier alpha value is -1.13. The van der Waals surface area contributed by atoms with Gasteiger partial charge in [-0.2, -0.15) is 0 Å². The van der Waals surface area contributed by atoms with E-state index in [1.807, 2.05) is 13.8 Å². The van der Waals surface area contributed by atoms with Crippen LogP contribution in [0.3, 0.4) is 0 Å². The van der Waals surface area contributed by atoms with Crippen LogP contribution in [0.1, 0.15) is 25.0 Å². The van der Waals surface area contributed by atoms with Gasteiger partial charge in [0.05, 0.1) is 26.5 Å². The molecule has 0 saturated carbocycles. The molecule has 0 aromatic carbocycles. The van der Waals surface area contributed by atoms with E-state index in [4.69, 9.17) is 14.2 Å². The van der Waals surface area contributed by atoms with Crippen LogP contribution in [-0.2, 0) is 22.7 Å². The molecule has 1 aromatic heterocycles. The zero-order valence-electron chi connectivity index (χ0n) is 9.24. The minimum absolute atomic E-state index is 0.494. The predicted octanol–water partition coefficient (Wildman–Crippen LogP) is 1.87. The summed E-state index contributed by atoms with van der Waals surface area (Å²) in [7, 11) is 1.63. The normalized spacial score (nSPS) is 19.1. The van der Waals surface area contributed by atoms with Crippen LogP contribution in [-0.4, -0.2) is 17.9 Å². The average Bonchev–Trinajstić information content (AvgIpc) is 2.38. The summed E-state index contributed by atoms with van der Waals surface area (Å²) < 4.78 is 16.5. The van der Waals surface area contributed by atoms with E-state index in [1.165, 1.54) is 0 Å². The highest BCUT2D eigenvalue weighted by Crippen LogP contribution is 2.29. The number of aromatic nitrogens is 1. The zero-order valence-corrected chi connectivity index (χ0v) is 9.24. The molecule has 0 atom stereocenters. The second-order valence-corrected chi connectivity index (χ2v) is 3.96. The SMILES string of the molecule is COc1cncc2c1COC(C)(C)OC2. The minimum Gasteiger partial charge on any atom is -0.495 e. The van der Waals surface area contributed by atoms with Gasteiger partial charge in [-0.3, -0.25) is 4.98 Å². The Labute approximate surface area is 89.2 Å². The van der Waals surface area contributed by atoms with Gasteiger partial charge in [-0.05, 0) is 13.8 Å². The number of rotatable bonds is 1. The molecule has 0 radical (unpaired) electrons. The summed E-state index contributed by atoms with van der Waals surface area (Å²) in [5.74, 6) is 0.207. The summed E-state index contributed by atoms with van der Waals surface area (Å²) >= 11 is 0. The third-order valence-electron chi connectivity index (χ3n) is 2.47. The molecule has 82 valence electrons. The Bertz CT molecular complexity index is 363. The van der Waals surface area contributed by atoms with Crippen LogP contribution in [0.15, 0.2) is 12.4 Å². The predicted molar refractivity (Wildman–Crippen MR) is 54.4 cm³/mol. The van der Waals surface area contributed by atoms with Crippen molar-refractivity contribution in [3.8, 4) is 5.75 Å². The largest absolute Gasteiger partial charge is 0.495 e. The van der Waals surface area contributed by atoms with Crippen LogP contribution < -0.4 is 4.74 Å². The molecule has 1 aliphatic heterocycles. The maximum Gasteiger partial charge on any atom is 0.163 e. The summed E-state index contributed by atoms with van der Waals surface area (Å²) in [6.45, 7) is 4.80. The third-order valence-corrected chi connectivity index (χ3v) is 2.47. The van der Waals surface area contributed by atoms with Gasteiger partial charge >= 0.3 is 0 Å². The highest BCUT2D eigenvalue weighted by molar-refractivity contribution is 5.36. The van der Waals surface area contributed by atoms with E-state index in [0.717, 1.165) is 16.9 Å². The number of hydrogen-bond donors (Lipinski definition) is 0. The second kappa shape index (κ2) is 3.79. The van der Waals surface area contributed by atoms with E-state index >= 15 is 0 Å². The van der Waals surface area contributed by atoms with Crippen molar-refractivity contribution in [2.24, 2.45) is 0 Å². The number of nitrogens with zero attached hydrogens (tertiary/aromatic N) is 1. The molecule has 4 heteroatoms. The lowest BCUT2D eigenvalue weighted by molar-refractivity contribution is -0.219. The number of pyridine rings is 1. The first kappa shape index (κ1) is 10.4. The number of ether oxygens (including phenoxy) is 3. The topological polar surface area (TPSA) is 40.6 Å². The molecule has 2 rings (SSSR count). The van der Waals surface area contributed by atoms with Gasteiger partial charge in [0, 0.05) is 17.3 Å². The average molecular weight is 209 g/mol. The number of hydrogen-bond acceptors (Lipinski definition) is 4. The van der Waals surface area contributed by atoms with E-state index < -0.39 is 5.79 Å². The van der Waals surface area contributed by atoms with Crippen molar-refractivity contribution in [2.45, 2.75) is 32.8 Å². The van der Waals surface area contributed by atoms with Gasteiger partial charge < -0.3 is 14.2 Å². The summed E-state index contributed by atoms with van der Waals surface area (Å²) in [5.41, 5.74) is 2.05. The molecule has 0 N–H and O–H groups in total. The Morgan fingerprint density at radius 1 is 1.27 bits per heavy atom. The molecular weight excluding hydrogens is 194 g/mol. The molecule has 0 bridgehead atoms. The zero-order chi connectivity index (χ0) is 10.9. The van der Waals surface area contributed by atoms with Crippen molar-refractivity contribution in [3.63, 3.8) is 0 Å². The monoisotopic (exact) mass is 209 g/mol. The first-order valence-corrected chi connectivity index (χ1v) is 4.90. The molecule has 4 nitrogen and oxygen atoms in total. The van der Waals surface area contributed by atoms with Gasteiger partial charge in [0.2, 0.25) is 0 Å². The summed E-state index contributed by atoms with van der Waals surface area (Å²) in [6, 6.07) is 0. The molecule has 15 heavy (non-hydrogen) atoms. The van der Waals surface area contributed by atoms with Crippen LogP contribution in [0.2, 0.25) is 0 Å². The molecule has 0 fully saturated rings. The standard InChI is InChI=1S/C11H15NO3/c1-11(2)14-6-8-4-12-5-10(13-3)9(8)7-15-11/h4-5H,6-7H2,1-3H3. The summed E-state index contributed by atoms with van der Waals surface area (Å²) in [4.78, 5) is 4.10. The van der Waals surface area contributed by atoms with Crippen LogP contribution in [0, 0.1) is 0 Å². The molecule has 1 aliphatic rings. The van der Waals surface area contributed by atoms with Crippen molar-refractivity contribution in [2.75, 3.05) is 7.11 Å². The quantitative estimate of drug-likeness (QED) is 0.708. The van der Waals surface area contributed by atoms with Crippen molar-refractivity contribution < 1.29 is 14.2 Å². The van der Waals surface area contributed by atoms with Gasteiger partial charge in [0.25, 0.3) is 0 Å². The van der Waals surface area contributed by atoms with E-state index in [-0.39, 0.29) is 0 Å². The van der Waals surface area contributed by atoms with Gasteiger partial charge in [0.1, 0.15) is 5.75 Å². The number of methoxy groups -OCH3 is 1. The molecule has 1 aromatic rings. The fourth-order valence-electron chi connectivity index (χ4n) is 1.51. The fourth-order valence-corrected chi connectivity index (χ4v) is 1.51. The van der Waals surface area contributed by atoms with Crippen LogP contribution in [0.25, 0.3) is 0 Å². The minimum atomic E-state index is -0.552. The summed E-state index contributed by atoms with van der Waals surface area (Å²) in [6.07, 6.45) is 3.49. The molecule has 0 spiro atoms. The molecule has 0 aliphatic carbocycles. The van der Waals surface area contributed by atoms with Gasteiger partial charge in [-0.1, -0.05) is 0 Å². The Kier molecular flexibility index (Phi) is 2.63. The Balaban J connectivity index is 2.35. The smallest absolute Gasteiger partial charge is 0.163 e. The first-order valence-electron chi connectivity index (χ1n) is 4.90. The molecule has 2 heterocycles. The van der Waals surface area contributed by atoms with Crippen LogP contribution in [0.4, 0.5) is 0 Å². The molecule has 0 unspecified atom stereocenters. The van der Waals surface area contributed by atoms with E-state index in [2.05, 4.69) is 4.98 Å². The van der Waals surface area contributed by atoms with Crippen LogP contribution >= 0.6 is 0 Å². The molecular formula is C11H15NO3. The van der Waals surface area contributed by atoms with Crippen molar-refractivity contribution in [1.82, 2.24) is 4.98 Å². The summed E-state index contributed by atoms with van der Waals surface area (Å²) in [5, 5.41) is 0. The molecule has 0 saturated heterocycles. The lowest BCUT2D eigenvalue weighted by atomic mass is 10.1. The Morgan fingerprint density at radius 2 is 2.00 bits per heavy atom. The fraction of sp³-hybridized carbons (Fsp3) is 0.545. The van der Waals surface area contributed by atoms with Crippen molar-refractivity contribution in [1.29, 1.82) is 0 Å². The van der Waals surface area contributed by atoms with Gasteiger partial charge in [-0.25, -0.2) is 0 Å². The van der Waals surface area contributed by atoms with E-state index in [9.17, 15) is 0 Å². The molecule has 0 amide bonds. The van der Waals surface area contributed by atoms with Crippen molar-refractivity contribution in [3.05, 3.63) is 23.5 Å². The lowest BCUT2D eigenvalue weighted by Crippen LogP contribution is -2.25. The third kappa shape index (κ3) is 2.11. The van der Waals surface area contributed by atoms with Crippen LogP contribution in [0.5, 0.6) is 5.75 Å². The maximum absolute atomic E-state index is 5.63. The van der Waals surface area contributed by atoms with E-state index in [1.54, 1.807) is 19.5 Å². The van der Waals surface area contributed by atoms with Gasteiger partial charge in [-0.15, -0.1) is 0 Å². The number of fused-ring (bicyclic) bond motifs is 1.